The molecule has 5 aromatic rings. The van der Waals surface area contributed by atoms with Crippen LogP contribution >= 0.6 is 11.3 Å². The van der Waals surface area contributed by atoms with Crippen LogP contribution in [0.25, 0.3) is 0 Å². The van der Waals surface area contributed by atoms with Crippen LogP contribution in [0.3, 0.4) is 0 Å². The Labute approximate surface area is 464 Å². The monoisotopic (exact) mass is 1100 g/mol. The SMILES string of the molecule is C[C@@H](C(=O)N[C@H](C(=O)N1CCC[C@H]1c1nc(C(=O)c2cccc(OCCCCCN3CC([C@@H](c4ccccc4)n4cc(NC(=O)c5n[nH]c6c5C[C@@H]5C(F)(F)[C@]5(C)C6)cn4)C3)c2)cs1)C1CCCCC1)N(C)C(=O)OC(C)(C)C. The number of aromatic amines is 1. The molecule has 4 amide bonds. The fourth-order valence-electron chi connectivity index (χ4n) is 12.3. The average molecular weight is 1110 g/mol. The van der Waals surface area contributed by atoms with Crippen molar-refractivity contribution in [1.29, 1.82) is 0 Å². The van der Waals surface area contributed by atoms with Gasteiger partial charge in [0.1, 0.15) is 34.1 Å². The van der Waals surface area contributed by atoms with E-state index in [0.29, 0.717) is 58.5 Å². The van der Waals surface area contributed by atoms with Crippen LogP contribution in [0.2, 0.25) is 0 Å². The van der Waals surface area contributed by atoms with E-state index in [1.54, 1.807) is 58.3 Å². The van der Waals surface area contributed by atoms with Crippen molar-refractivity contribution in [3.63, 3.8) is 0 Å². The first-order chi connectivity index (χ1) is 37.8. The predicted octanol–water partition coefficient (Wildman–Crippen LogP) is 9.67. The molecule has 2 saturated carbocycles. The lowest BCUT2D eigenvalue weighted by Gasteiger charge is -2.43. The number of hydrogen-bond acceptors (Lipinski definition) is 12. The number of ether oxygens (including phenoxy) is 2. The molecule has 3 aromatic heterocycles. The van der Waals surface area contributed by atoms with Crippen LogP contribution in [0.15, 0.2) is 72.4 Å². The van der Waals surface area contributed by atoms with Crippen LogP contribution in [0.4, 0.5) is 19.3 Å². The second-order valence-corrected chi connectivity index (χ2v) is 24.6. The van der Waals surface area contributed by atoms with Crippen molar-refractivity contribution in [2.45, 2.75) is 147 Å². The number of alkyl halides is 2. The Morgan fingerprint density at radius 3 is 2.49 bits per heavy atom. The van der Waals surface area contributed by atoms with Gasteiger partial charge in [-0.05, 0) is 109 Å². The number of carbonyl (C=O) groups excluding carboxylic acids is 5. The van der Waals surface area contributed by atoms with Crippen molar-refractivity contribution in [1.82, 2.24) is 45.0 Å². The highest BCUT2D eigenvalue weighted by molar-refractivity contribution is 7.10. The molecular formula is C59H74F2N10O7S. The molecule has 0 spiro atoms. The summed E-state index contributed by atoms with van der Waals surface area (Å²) in [7, 11) is 1.52. The number of likely N-dealkylation sites (tertiary alicyclic amines) is 2. The molecule has 5 heterocycles. The maximum Gasteiger partial charge on any atom is 0.410 e. The molecule has 79 heavy (non-hydrogen) atoms. The first kappa shape index (κ1) is 55.8. The zero-order valence-electron chi connectivity index (χ0n) is 46.1. The molecule has 20 heteroatoms. The van der Waals surface area contributed by atoms with Crippen molar-refractivity contribution >= 4 is 46.6 Å². The zero-order chi connectivity index (χ0) is 55.8. The number of halogens is 2. The van der Waals surface area contributed by atoms with Gasteiger partial charge in [-0.2, -0.15) is 10.2 Å². The van der Waals surface area contributed by atoms with Gasteiger partial charge in [0.15, 0.2) is 5.69 Å². The summed E-state index contributed by atoms with van der Waals surface area (Å²) in [5.41, 5.74) is 1.94. The molecule has 0 radical (unpaired) electrons. The summed E-state index contributed by atoms with van der Waals surface area (Å²) in [6.07, 6.45) is 12.1. The number of amides is 4. The molecular weight excluding hydrogens is 1030 g/mol. The van der Waals surface area contributed by atoms with Crippen molar-refractivity contribution in [3.8, 4) is 5.75 Å². The van der Waals surface area contributed by atoms with Crippen molar-refractivity contribution in [2.24, 2.45) is 23.2 Å². The summed E-state index contributed by atoms with van der Waals surface area (Å²) in [6, 6.07) is 15.4. The first-order valence-electron chi connectivity index (χ1n) is 28.2. The van der Waals surface area contributed by atoms with Gasteiger partial charge in [0.25, 0.3) is 11.8 Å². The average Bonchev–Trinajstić information content (AvgIpc) is 3.43. The van der Waals surface area contributed by atoms with E-state index in [4.69, 9.17) is 19.6 Å². The Morgan fingerprint density at radius 2 is 1.73 bits per heavy atom. The van der Waals surface area contributed by atoms with Gasteiger partial charge in [0, 0.05) is 78.8 Å². The summed E-state index contributed by atoms with van der Waals surface area (Å²) < 4.78 is 42.6. The molecule has 422 valence electrons. The van der Waals surface area contributed by atoms with Crippen LogP contribution in [0, 0.1) is 23.2 Å². The summed E-state index contributed by atoms with van der Waals surface area (Å²) in [5.74, 6) is -3.91. The van der Waals surface area contributed by atoms with Gasteiger partial charge in [-0.3, -0.25) is 33.9 Å². The predicted molar refractivity (Wildman–Crippen MR) is 294 cm³/mol. The summed E-state index contributed by atoms with van der Waals surface area (Å²) in [5, 5.41) is 20.2. The highest BCUT2D eigenvalue weighted by Gasteiger charge is 2.78. The Hall–Kier alpha value is -6.54. The smallest absolute Gasteiger partial charge is 0.410 e. The number of aromatic nitrogens is 5. The Kier molecular flexibility index (Phi) is 16.2. The van der Waals surface area contributed by atoms with Crippen LogP contribution < -0.4 is 15.4 Å². The number of H-pyrrole nitrogens is 1. The number of rotatable bonds is 20. The number of fused-ring (bicyclic) bond motifs is 2. The molecule has 2 saturated heterocycles. The van der Waals surface area contributed by atoms with E-state index >= 15 is 0 Å². The van der Waals surface area contributed by atoms with Crippen LogP contribution in [-0.4, -0.2) is 133 Å². The molecule has 3 aliphatic carbocycles. The molecule has 4 fully saturated rings. The largest absolute Gasteiger partial charge is 0.494 e. The standard InChI is InChI=1S/C59H74F2N10O7S/c1-36(68(6)56(76)78-57(2,3)4)52(73)65-48(37-18-10-7-11-19-37)55(75)70-26-17-24-46(70)54-64-45(35-79-54)51(72)39-22-16-23-42(28-39)77-27-15-9-14-25-69-32-40(33-69)50(38-20-12-8-13-21-38)71-34-41(31-62-71)63-53(74)49-43-29-47-58(5,59(47,60)61)30-44(43)66-67-49/h8,12-13,16,20-23,28,31,34-37,40,46-48,50H,7,9-11,14-15,17-19,24-27,29-30,32-33H2,1-6H3,(H,63,74)(H,65,73)(H,66,67)/t36-,46-,47-,48-,50+,58+/m0/s1. The van der Waals surface area contributed by atoms with E-state index in [9.17, 15) is 32.8 Å². The van der Waals surface area contributed by atoms with Crippen LogP contribution in [0.1, 0.15) is 159 Å². The quantitative estimate of drug-likeness (QED) is 0.0496. The second kappa shape index (κ2) is 22.9. The van der Waals surface area contributed by atoms with Gasteiger partial charge in [-0.25, -0.2) is 18.6 Å². The highest BCUT2D eigenvalue weighted by Crippen LogP contribution is 2.70. The second-order valence-electron chi connectivity index (χ2n) is 23.7. The van der Waals surface area contributed by atoms with Gasteiger partial charge in [0.05, 0.1) is 30.6 Å². The van der Waals surface area contributed by atoms with Crippen LogP contribution in [-0.2, 0) is 27.2 Å². The highest BCUT2D eigenvalue weighted by atomic mass is 32.1. The van der Waals surface area contributed by atoms with Crippen LogP contribution in [0.5, 0.6) is 5.75 Å². The number of carbonyl (C=O) groups is 5. The number of hydrogen-bond donors (Lipinski definition) is 3. The Morgan fingerprint density at radius 1 is 0.962 bits per heavy atom. The van der Waals surface area contributed by atoms with Gasteiger partial charge >= 0.3 is 6.09 Å². The number of nitrogens with one attached hydrogen (secondary N) is 3. The molecule has 2 aliphatic heterocycles. The van der Waals surface area contributed by atoms with Gasteiger partial charge < -0.3 is 29.9 Å². The van der Waals surface area contributed by atoms with Crippen molar-refractivity contribution in [3.05, 3.63) is 111 Å². The lowest BCUT2D eigenvalue weighted by Crippen LogP contribution is -2.56. The molecule has 17 nitrogen and oxygen atoms in total. The molecule has 6 atom stereocenters. The third kappa shape index (κ3) is 11.9. The van der Waals surface area contributed by atoms with Gasteiger partial charge in [-0.15, -0.1) is 11.3 Å². The van der Waals surface area contributed by atoms with E-state index in [2.05, 4.69) is 37.9 Å². The van der Waals surface area contributed by atoms with Gasteiger partial charge in [-0.1, -0.05) is 68.7 Å². The number of benzene rings is 2. The minimum absolute atomic E-state index is 0.0361. The number of ketones is 1. The Balaban J connectivity index is 0.680. The maximum absolute atomic E-state index is 14.6. The third-order valence-corrected chi connectivity index (χ3v) is 18.1. The van der Waals surface area contributed by atoms with E-state index < -0.39 is 52.8 Å². The molecule has 10 rings (SSSR count). The normalized spacial score (nSPS) is 22.2. The molecule has 3 N–H and O–H groups in total. The summed E-state index contributed by atoms with van der Waals surface area (Å²) >= 11 is 1.37. The topological polar surface area (TPSA) is 197 Å². The molecule has 0 unspecified atom stereocenters. The van der Waals surface area contributed by atoms with E-state index in [1.807, 2.05) is 46.1 Å². The third-order valence-electron chi connectivity index (χ3n) is 17.1. The first-order valence-corrected chi connectivity index (χ1v) is 29.0. The summed E-state index contributed by atoms with van der Waals surface area (Å²) in [4.78, 5) is 78.8. The molecule has 5 aliphatic rings. The maximum atomic E-state index is 14.6. The number of unbranched alkanes of at least 4 members (excludes halogenated alkanes) is 2. The zero-order valence-corrected chi connectivity index (χ0v) is 47.0. The number of thiazole rings is 1. The lowest BCUT2D eigenvalue weighted by atomic mass is 9.83. The summed E-state index contributed by atoms with van der Waals surface area (Å²) in [6.45, 7) is 12.3. The fourth-order valence-corrected chi connectivity index (χ4v) is 13.2. The number of likely N-dealkylation sites (N-methyl/N-ethyl adjacent to an activating group) is 1. The minimum atomic E-state index is -2.75. The number of nitrogens with zero attached hydrogens (tertiary/aromatic N) is 7. The number of anilines is 1. The lowest BCUT2D eigenvalue weighted by molar-refractivity contribution is -0.140. The molecule has 2 aromatic carbocycles. The van der Waals surface area contributed by atoms with Crippen molar-refractivity contribution < 1.29 is 42.2 Å². The van der Waals surface area contributed by atoms with Crippen molar-refractivity contribution in [2.75, 3.05) is 45.2 Å². The van der Waals surface area contributed by atoms with E-state index in [1.165, 1.54) is 23.3 Å². The molecule has 0 bridgehead atoms. The van der Waals surface area contributed by atoms with E-state index in [-0.39, 0.29) is 54.1 Å². The minimum Gasteiger partial charge on any atom is -0.494 e. The van der Waals surface area contributed by atoms with Gasteiger partial charge in [0.2, 0.25) is 17.6 Å². The Bertz CT molecular complexity index is 3020. The fraction of sp³-hybridized carbons (Fsp3) is 0.559. The van der Waals surface area contributed by atoms with E-state index in [0.717, 1.165) is 83.0 Å².